The number of hydrogen-bond donors (Lipinski definition) is 2. The van der Waals surface area contributed by atoms with Gasteiger partial charge in [0.05, 0.1) is 5.69 Å². The molecule has 0 aliphatic carbocycles. The molecule has 0 unspecified atom stereocenters. The Bertz CT molecular complexity index is 763. The van der Waals surface area contributed by atoms with Gasteiger partial charge in [0.15, 0.2) is 0 Å². The lowest BCUT2D eigenvalue weighted by atomic mass is 10.1. The largest absolute Gasteiger partial charge is 0.321 e. The van der Waals surface area contributed by atoms with Crippen LogP contribution < -0.4 is 5.32 Å². The molecule has 2 aromatic rings. The van der Waals surface area contributed by atoms with E-state index in [4.69, 9.17) is 23.2 Å². The molecule has 112 valence electrons. The van der Waals surface area contributed by atoms with Crippen LogP contribution in [0, 0.1) is 25.2 Å². The number of anilines is 1. The third-order valence-electron chi connectivity index (χ3n) is 2.96. The van der Waals surface area contributed by atoms with Gasteiger partial charge in [-0.15, -0.1) is 0 Å². The van der Waals surface area contributed by atoms with E-state index in [1.807, 2.05) is 13.0 Å². The Labute approximate surface area is 137 Å². The van der Waals surface area contributed by atoms with Crippen molar-refractivity contribution < 1.29 is 4.79 Å². The fourth-order valence-electron chi connectivity index (χ4n) is 1.89. The van der Waals surface area contributed by atoms with Gasteiger partial charge in [-0.1, -0.05) is 23.2 Å². The Kier molecular flexibility index (Phi) is 4.86. The molecular weight excluding hydrogens is 323 g/mol. The van der Waals surface area contributed by atoms with Crippen molar-refractivity contribution in [2.24, 2.45) is 0 Å². The van der Waals surface area contributed by atoms with Gasteiger partial charge in [0.1, 0.15) is 11.6 Å². The van der Waals surface area contributed by atoms with Crippen molar-refractivity contribution in [2.45, 2.75) is 13.8 Å². The summed E-state index contributed by atoms with van der Waals surface area (Å²) in [6, 6.07) is 6.54. The van der Waals surface area contributed by atoms with Crippen LogP contribution in [0.1, 0.15) is 17.0 Å². The zero-order chi connectivity index (χ0) is 16.3. The zero-order valence-electron chi connectivity index (χ0n) is 11.9. The Hall–Kier alpha value is -2.29. The smallest absolute Gasteiger partial charge is 0.266 e. The van der Waals surface area contributed by atoms with Gasteiger partial charge >= 0.3 is 0 Å². The standard InChI is InChI=1S/C15H12Cl2N4O/c1-8-14(9(2)21-20-8)3-10(7-18)15(22)19-13-5-11(16)4-12(17)6-13/h3-6H,1-2H3,(H,19,22)(H,20,21)/b10-3+. The molecule has 5 nitrogen and oxygen atoms in total. The van der Waals surface area contributed by atoms with Gasteiger partial charge in [-0.05, 0) is 38.1 Å². The molecule has 0 saturated carbocycles. The monoisotopic (exact) mass is 334 g/mol. The highest BCUT2D eigenvalue weighted by Crippen LogP contribution is 2.23. The summed E-state index contributed by atoms with van der Waals surface area (Å²) in [6.07, 6.45) is 1.50. The molecule has 1 heterocycles. The van der Waals surface area contributed by atoms with Gasteiger partial charge < -0.3 is 5.32 Å². The van der Waals surface area contributed by atoms with Crippen molar-refractivity contribution in [3.63, 3.8) is 0 Å². The number of amides is 1. The molecule has 0 aliphatic rings. The van der Waals surface area contributed by atoms with Crippen molar-refractivity contribution in [1.29, 1.82) is 5.26 Å². The van der Waals surface area contributed by atoms with E-state index < -0.39 is 5.91 Å². The van der Waals surface area contributed by atoms with E-state index in [2.05, 4.69) is 15.5 Å². The van der Waals surface area contributed by atoms with Gasteiger partial charge in [-0.25, -0.2) is 0 Å². The maximum atomic E-state index is 12.2. The molecule has 0 atom stereocenters. The highest BCUT2D eigenvalue weighted by atomic mass is 35.5. The molecule has 0 saturated heterocycles. The van der Waals surface area contributed by atoms with Crippen LogP contribution in [0.15, 0.2) is 23.8 Å². The molecule has 0 fully saturated rings. The molecule has 22 heavy (non-hydrogen) atoms. The number of hydrogen-bond acceptors (Lipinski definition) is 3. The summed E-state index contributed by atoms with van der Waals surface area (Å²) >= 11 is 11.8. The van der Waals surface area contributed by atoms with E-state index in [9.17, 15) is 10.1 Å². The Morgan fingerprint density at radius 1 is 1.32 bits per heavy atom. The molecule has 1 aromatic heterocycles. The molecule has 0 bridgehead atoms. The van der Waals surface area contributed by atoms with Crippen molar-refractivity contribution >= 4 is 40.9 Å². The fraction of sp³-hybridized carbons (Fsp3) is 0.133. The van der Waals surface area contributed by atoms with Crippen molar-refractivity contribution in [3.05, 3.63) is 50.8 Å². The summed E-state index contributed by atoms with van der Waals surface area (Å²) in [7, 11) is 0. The van der Waals surface area contributed by atoms with Crippen LogP contribution in [-0.2, 0) is 4.79 Å². The topological polar surface area (TPSA) is 81.6 Å². The maximum absolute atomic E-state index is 12.2. The molecule has 0 spiro atoms. The number of aryl methyl sites for hydroxylation is 2. The van der Waals surface area contributed by atoms with Gasteiger partial charge in [-0.3, -0.25) is 9.89 Å². The first kappa shape index (κ1) is 16.1. The molecule has 0 aliphatic heterocycles. The van der Waals surface area contributed by atoms with Gasteiger partial charge in [0, 0.05) is 27.0 Å². The highest BCUT2D eigenvalue weighted by Gasteiger charge is 2.13. The minimum atomic E-state index is -0.541. The molecule has 1 aromatic carbocycles. The first-order valence-corrected chi connectivity index (χ1v) is 7.07. The molecule has 2 N–H and O–H groups in total. The number of aromatic amines is 1. The summed E-state index contributed by atoms with van der Waals surface area (Å²) in [4.78, 5) is 12.2. The number of halogens is 2. The minimum Gasteiger partial charge on any atom is -0.321 e. The maximum Gasteiger partial charge on any atom is 0.266 e. The summed E-state index contributed by atoms with van der Waals surface area (Å²) < 4.78 is 0. The van der Waals surface area contributed by atoms with Crippen molar-refractivity contribution in [1.82, 2.24) is 10.2 Å². The second-order valence-electron chi connectivity index (χ2n) is 4.63. The summed E-state index contributed by atoms with van der Waals surface area (Å²) in [5.74, 6) is -0.541. The summed E-state index contributed by atoms with van der Waals surface area (Å²) in [6.45, 7) is 3.61. The van der Waals surface area contributed by atoms with Gasteiger partial charge in [0.25, 0.3) is 5.91 Å². The number of rotatable bonds is 3. The number of aromatic nitrogens is 2. The average molecular weight is 335 g/mol. The number of carbonyl (C=O) groups excluding carboxylic acids is 1. The lowest BCUT2D eigenvalue weighted by molar-refractivity contribution is -0.112. The lowest BCUT2D eigenvalue weighted by Crippen LogP contribution is -2.13. The Morgan fingerprint density at radius 3 is 2.45 bits per heavy atom. The number of H-pyrrole nitrogens is 1. The van der Waals surface area contributed by atoms with Crippen LogP contribution in [0.5, 0.6) is 0 Å². The minimum absolute atomic E-state index is 0.0382. The van der Waals surface area contributed by atoms with E-state index >= 15 is 0 Å². The first-order valence-electron chi connectivity index (χ1n) is 6.31. The fourth-order valence-corrected chi connectivity index (χ4v) is 2.42. The quantitative estimate of drug-likeness (QED) is 0.660. The van der Waals surface area contributed by atoms with Crippen LogP contribution in [0.4, 0.5) is 5.69 Å². The number of benzene rings is 1. The van der Waals surface area contributed by atoms with Crippen LogP contribution in [0.2, 0.25) is 10.0 Å². The number of carbonyl (C=O) groups is 1. The van der Waals surface area contributed by atoms with Gasteiger partial charge in [0.2, 0.25) is 0 Å². The normalized spacial score (nSPS) is 11.1. The molecule has 7 heteroatoms. The number of nitriles is 1. The lowest BCUT2D eigenvalue weighted by Gasteiger charge is -2.05. The predicted molar refractivity (Wildman–Crippen MR) is 86.7 cm³/mol. The van der Waals surface area contributed by atoms with E-state index in [0.29, 0.717) is 21.4 Å². The summed E-state index contributed by atoms with van der Waals surface area (Å²) in [5, 5.41) is 19.4. The van der Waals surface area contributed by atoms with Crippen molar-refractivity contribution in [3.8, 4) is 6.07 Å². The van der Waals surface area contributed by atoms with E-state index in [1.165, 1.54) is 6.08 Å². The van der Waals surface area contributed by atoms with E-state index in [0.717, 1.165) is 11.3 Å². The second kappa shape index (κ2) is 6.65. The molecule has 2 rings (SSSR count). The molecule has 0 radical (unpaired) electrons. The number of nitrogens with one attached hydrogen (secondary N) is 2. The van der Waals surface area contributed by atoms with E-state index in [-0.39, 0.29) is 5.57 Å². The third-order valence-corrected chi connectivity index (χ3v) is 3.40. The Morgan fingerprint density at radius 2 is 1.95 bits per heavy atom. The zero-order valence-corrected chi connectivity index (χ0v) is 13.4. The van der Waals surface area contributed by atoms with Crippen molar-refractivity contribution in [2.75, 3.05) is 5.32 Å². The predicted octanol–water partition coefficient (Wildman–Crippen LogP) is 3.88. The third kappa shape index (κ3) is 3.67. The van der Waals surface area contributed by atoms with Crippen LogP contribution in [0.3, 0.4) is 0 Å². The molecule has 1 amide bonds. The number of nitrogens with zero attached hydrogens (tertiary/aromatic N) is 2. The van der Waals surface area contributed by atoms with E-state index in [1.54, 1.807) is 25.1 Å². The molecular formula is C15H12Cl2N4O. The summed E-state index contributed by atoms with van der Waals surface area (Å²) in [5.41, 5.74) is 2.59. The Balaban J connectivity index is 2.28. The SMILES string of the molecule is Cc1n[nH]c(C)c1/C=C(\C#N)C(=O)Nc1cc(Cl)cc(Cl)c1. The van der Waals surface area contributed by atoms with Gasteiger partial charge in [-0.2, -0.15) is 10.4 Å². The second-order valence-corrected chi connectivity index (χ2v) is 5.50. The highest BCUT2D eigenvalue weighted by molar-refractivity contribution is 6.35. The van der Waals surface area contributed by atoms with Crippen LogP contribution >= 0.6 is 23.2 Å². The average Bonchev–Trinajstić information content (AvgIpc) is 2.74. The first-order chi connectivity index (χ1) is 10.4. The van der Waals surface area contributed by atoms with Crippen LogP contribution in [-0.4, -0.2) is 16.1 Å². The van der Waals surface area contributed by atoms with Crippen LogP contribution in [0.25, 0.3) is 6.08 Å².